The first-order valence-electron chi connectivity index (χ1n) is 5.35. The highest BCUT2D eigenvalue weighted by molar-refractivity contribution is 7.99. The van der Waals surface area contributed by atoms with Crippen molar-refractivity contribution >= 4 is 11.8 Å². The van der Waals surface area contributed by atoms with Gasteiger partial charge in [0.25, 0.3) is 0 Å². The molecule has 0 spiro atoms. The second kappa shape index (κ2) is 6.89. The molecule has 0 heterocycles. The smallest absolute Gasteiger partial charge is 0.123 e. The first-order valence-corrected chi connectivity index (χ1v) is 6.40. The van der Waals surface area contributed by atoms with Crippen LogP contribution >= 0.6 is 11.8 Å². The van der Waals surface area contributed by atoms with Crippen molar-refractivity contribution < 1.29 is 9.50 Å². The van der Waals surface area contributed by atoms with Gasteiger partial charge in [0.15, 0.2) is 0 Å². The number of hydrogen-bond donors (Lipinski definition) is 2. The van der Waals surface area contributed by atoms with E-state index in [4.69, 9.17) is 10.8 Å². The molecule has 90 valence electrons. The van der Waals surface area contributed by atoms with Crippen molar-refractivity contribution in [3.05, 3.63) is 35.6 Å². The van der Waals surface area contributed by atoms with Crippen LogP contribution in [-0.2, 0) is 0 Å². The van der Waals surface area contributed by atoms with Crippen molar-refractivity contribution in [1.82, 2.24) is 0 Å². The van der Waals surface area contributed by atoms with Crippen molar-refractivity contribution in [2.24, 2.45) is 11.7 Å². The minimum atomic E-state index is -0.228. The van der Waals surface area contributed by atoms with Crippen LogP contribution in [-0.4, -0.2) is 24.0 Å². The van der Waals surface area contributed by atoms with E-state index in [1.54, 1.807) is 23.9 Å². The van der Waals surface area contributed by atoms with Gasteiger partial charge in [0.05, 0.1) is 0 Å². The van der Waals surface area contributed by atoms with Gasteiger partial charge in [-0.1, -0.05) is 19.1 Å². The number of aliphatic hydroxyl groups excluding tert-OH is 1. The Morgan fingerprint density at radius 1 is 1.38 bits per heavy atom. The van der Waals surface area contributed by atoms with Crippen molar-refractivity contribution in [2.45, 2.75) is 12.2 Å². The van der Waals surface area contributed by atoms with E-state index in [2.05, 4.69) is 0 Å². The summed E-state index contributed by atoms with van der Waals surface area (Å²) < 4.78 is 12.8. The molecule has 0 saturated carbocycles. The van der Waals surface area contributed by atoms with Crippen LogP contribution in [0.25, 0.3) is 0 Å². The Kier molecular flexibility index (Phi) is 5.80. The molecule has 3 N–H and O–H groups in total. The monoisotopic (exact) mass is 243 g/mol. The fourth-order valence-electron chi connectivity index (χ4n) is 1.31. The van der Waals surface area contributed by atoms with Crippen LogP contribution in [0.1, 0.15) is 17.7 Å². The Hall–Kier alpha value is -0.580. The molecule has 0 aliphatic heterocycles. The molecule has 0 saturated heterocycles. The van der Waals surface area contributed by atoms with Gasteiger partial charge in [0, 0.05) is 18.4 Å². The topological polar surface area (TPSA) is 46.2 Å². The van der Waals surface area contributed by atoms with E-state index in [9.17, 15) is 4.39 Å². The zero-order valence-electron chi connectivity index (χ0n) is 9.40. The van der Waals surface area contributed by atoms with Crippen LogP contribution in [0.15, 0.2) is 24.3 Å². The lowest BCUT2D eigenvalue weighted by molar-refractivity contribution is 0.250. The third kappa shape index (κ3) is 4.12. The molecule has 4 heteroatoms. The molecule has 2 unspecified atom stereocenters. The van der Waals surface area contributed by atoms with E-state index in [1.807, 2.05) is 6.92 Å². The average Bonchev–Trinajstić information content (AvgIpc) is 2.31. The van der Waals surface area contributed by atoms with Crippen molar-refractivity contribution in [3.63, 3.8) is 0 Å². The SMILES string of the molecule is CC(CO)CSC(CN)c1ccc(F)cc1. The number of benzene rings is 1. The zero-order chi connectivity index (χ0) is 12.0. The Morgan fingerprint density at radius 2 is 2.00 bits per heavy atom. The number of aliphatic hydroxyl groups is 1. The normalized spacial score (nSPS) is 14.8. The average molecular weight is 243 g/mol. The van der Waals surface area contributed by atoms with Crippen LogP contribution in [0.2, 0.25) is 0 Å². The highest BCUT2D eigenvalue weighted by Gasteiger charge is 2.12. The molecule has 0 amide bonds. The van der Waals surface area contributed by atoms with Gasteiger partial charge in [0.1, 0.15) is 5.82 Å². The lowest BCUT2D eigenvalue weighted by Gasteiger charge is -2.16. The minimum Gasteiger partial charge on any atom is -0.396 e. The van der Waals surface area contributed by atoms with Crippen LogP contribution in [0.3, 0.4) is 0 Å². The zero-order valence-corrected chi connectivity index (χ0v) is 10.2. The Balaban J connectivity index is 2.57. The molecule has 0 aliphatic rings. The van der Waals surface area contributed by atoms with Crippen LogP contribution in [0.5, 0.6) is 0 Å². The van der Waals surface area contributed by atoms with Crippen molar-refractivity contribution in [1.29, 1.82) is 0 Å². The minimum absolute atomic E-state index is 0.176. The molecular formula is C12H18FNOS. The maximum absolute atomic E-state index is 12.8. The van der Waals surface area contributed by atoms with Crippen molar-refractivity contribution in [2.75, 3.05) is 18.9 Å². The summed E-state index contributed by atoms with van der Waals surface area (Å²) in [6.45, 7) is 2.70. The van der Waals surface area contributed by atoms with E-state index >= 15 is 0 Å². The Morgan fingerprint density at radius 3 is 2.50 bits per heavy atom. The summed E-state index contributed by atoms with van der Waals surface area (Å²) in [4.78, 5) is 0. The third-order valence-electron chi connectivity index (χ3n) is 2.35. The molecule has 0 aromatic heterocycles. The Labute approximate surface area is 100 Å². The summed E-state index contributed by atoms with van der Waals surface area (Å²) in [6, 6.07) is 6.44. The van der Waals surface area contributed by atoms with Gasteiger partial charge in [-0.15, -0.1) is 0 Å². The molecular weight excluding hydrogens is 225 g/mol. The molecule has 2 nitrogen and oxygen atoms in total. The standard InChI is InChI=1S/C12H18FNOS/c1-9(7-15)8-16-12(6-14)10-2-4-11(13)5-3-10/h2-5,9,12,15H,6-8,14H2,1H3. The van der Waals surface area contributed by atoms with E-state index in [-0.39, 0.29) is 23.6 Å². The van der Waals surface area contributed by atoms with E-state index < -0.39 is 0 Å². The van der Waals surface area contributed by atoms with Gasteiger partial charge in [-0.2, -0.15) is 11.8 Å². The van der Waals surface area contributed by atoms with Crippen molar-refractivity contribution in [3.8, 4) is 0 Å². The highest BCUT2D eigenvalue weighted by Crippen LogP contribution is 2.29. The first kappa shape index (κ1) is 13.5. The fourth-order valence-corrected chi connectivity index (χ4v) is 2.46. The maximum Gasteiger partial charge on any atom is 0.123 e. The predicted octanol–water partition coefficient (Wildman–Crippen LogP) is 2.19. The van der Waals surface area contributed by atoms with Gasteiger partial charge >= 0.3 is 0 Å². The largest absolute Gasteiger partial charge is 0.396 e. The quantitative estimate of drug-likeness (QED) is 0.805. The van der Waals surface area contributed by atoms with Gasteiger partial charge in [-0.3, -0.25) is 0 Å². The number of halogens is 1. The van der Waals surface area contributed by atoms with E-state index in [1.165, 1.54) is 12.1 Å². The first-order chi connectivity index (χ1) is 7.67. The predicted molar refractivity (Wildman–Crippen MR) is 66.9 cm³/mol. The lowest BCUT2D eigenvalue weighted by Crippen LogP contribution is -2.12. The molecule has 1 rings (SSSR count). The molecule has 0 bridgehead atoms. The summed E-state index contributed by atoms with van der Waals surface area (Å²) >= 11 is 1.71. The summed E-state index contributed by atoms with van der Waals surface area (Å²) in [5, 5.41) is 9.11. The van der Waals surface area contributed by atoms with Gasteiger partial charge in [-0.05, 0) is 29.4 Å². The maximum atomic E-state index is 12.8. The molecule has 1 aromatic carbocycles. The van der Waals surface area contributed by atoms with Crippen LogP contribution < -0.4 is 5.73 Å². The summed E-state index contributed by atoms with van der Waals surface area (Å²) in [7, 11) is 0. The van der Waals surface area contributed by atoms with E-state index in [0.717, 1.165) is 11.3 Å². The number of hydrogen-bond acceptors (Lipinski definition) is 3. The lowest BCUT2D eigenvalue weighted by atomic mass is 10.1. The van der Waals surface area contributed by atoms with Gasteiger partial charge in [-0.25, -0.2) is 4.39 Å². The molecule has 0 aliphatic carbocycles. The van der Waals surface area contributed by atoms with Crippen LogP contribution in [0, 0.1) is 11.7 Å². The van der Waals surface area contributed by atoms with E-state index in [0.29, 0.717) is 6.54 Å². The molecule has 1 aromatic rings. The third-order valence-corrected chi connectivity index (χ3v) is 3.98. The molecule has 16 heavy (non-hydrogen) atoms. The van der Waals surface area contributed by atoms with Gasteiger partial charge < -0.3 is 10.8 Å². The number of nitrogens with two attached hydrogens (primary N) is 1. The van der Waals surface area contributed by atoms with Crippen LogP contribution in [0.4, 0.5) is 4.39 Å². The molecule has 2 atom stereocenters. The fraction of sp³-hybridized carbons (Fsp3) is 0.500. The second-order valence-corrected chi connectivity index (χ2v) is 5.13. The second-order valence-electron chi connectivity index (χ2n) is 3.90. The number of rotatable bonds is 6. The summed E-state index contributed by atoms with van der Waals surface area (Å²) in [5.74, 6) is 0.892. The number of thioether (sulfide) groups is 1. The summed E-state index contributed by atoms with van der Waals surface area (Å²) in [5.41, 5.74) is 6.73. The molecule has 0 radical (unpaired) electrons. The highest BCUT2D eigenvalue weighted by atomic mass is 32.2. The Bertz CT molecular complexity index is 304. The molecule has 0 fully saturated rings. The summed E-state index contributed by atoms with van der Waals surface area (Å²) in [6.07, 6.45) is 0. The van der Waals surface area contributed by atoms with Gasteiger partial charge in [0.2, 0.25) is 0 Å².